The lowest BCUT2D eigenvalue weighted by atomic mass is 9.98. The Morgan fingerprint density at radius 3 is 2.31 bits per heavy atom. The third-order valence-corrected chi connectivity index (χ3v) is 5.93. The molecule has 0 saturated carbocycles. The molecule has 0 aliphatic carbocycles. The van der Waals surface area contributed by atoms with Crippen molar-refractivity contribution in [3.63, 3.8) is 0 Å². The van der Waals surface area contributed by atoms with Crippen molar-refractivity contribution in [1.29, 1.82) is 0 Å². The normalized spacial score (nSPS) is 11.6. The maximum absolute atomic E-state index is 11.6. The van der Waals surface area contributed by atoms with Crippen molar-refractivity contribution in [1.82, 2.24) is 9.97 Å². The van der Waals surface area contributed by atoms with E-state index >= 15 is 0 Å². The van der Waals surface area contributed by atoms with Crippen LogP contribution in [0.3, 0.4) is 0 Å². The summed E-state index contributed by atoms with van der Waals surface area (Å²) in [5.74, 6) is 1.34. The monoisotopic (exact) mass is 451 g/mol. The highest BCUT2D eigenvalue weighted by Crippen LogP contribution is 2.35. The molecule has 0 unspecified atom stereocenters. The highest BCUT2D eigenvalue weighted by Gasteiger charge is 2.14. The van der Waals surface area contributed by atoms with Gasteiger partial charge in [0.05, 0.1) is 26.0 Å². The standard InChI is InChI=1S/C24H25N3O4S/c1-5-21-20-12-24(31-3)23(30-2)11-19(20)17(14-26-21)9-15-8-16-10-18(27-32(4,28)29)6-7-22(16)25-13-15/h6-8,10-14,27H,5,9H2,1-4H3. The molecule has 2 heterocycles. The van der Waals surface area contributed by atoms with E-state index in [1.54, 1.807) is 32.4 Å². The molecule has 0 saturated heterocycles. The van der Waals surface area contributed by atoms with Crippen molar-refractivity contribution < 1.29 is 17.9 Å². The first-order valence-electron chi connectivity index (χ1n) is 10.2. The molecule has 2 aromatic heterocycles. The van der Waals surface area contributed by atoms with Crippen molar-refractivity contribution >= 4 is 37.4 Å². The Kier molecular flexibility index (Phi) is 5.88. The van der Waals surface area contributed by atoms with Gasteiger partial charge in [0.15, 0.2) is 11.5 Å². The number of rotatable bonds is 7. The lowest BCUT2D eigenvalue weighted by Gasteiger charge is -2.14. The smallest absolute Gasteiger partial charge is 0.229 e. The zero-order valence-corrected chi connectivity index (χ0v) is 19.3. The molecule has 0 amide bonds. The van der Waals surface area contributed by atoms with Gasteiger partial charge in [0, 0.05) is 41.0 Å². The molecule has 166 valence electrons. The summed E-state index contributed by atoms with van der Waals surface area (Å²) in [7, 11) is -0.0978. The van der Waals surface area contributed by atoms with Gasteiger partial charge in [-0.25, -0.2) is 8.42 Å². The molecule has 0 atom stereocenters. The van der Waals surface area contributed by atoms with Crippen molar-refractivity contribution in [2.45, 2.75) is 19.8 Å². The van der Waals surface area contributed by atoms with Crippen molar-refractivity contribution in [3.8, 4) is 11.5 Å². The number of sulfonamides is 1. The number of fused-ring (bicyclic) bond motifs is 2. The highest BCUT2D eigenvalue weighted by atomic mass is 32.2. The third kappa shape index (κ3) is 4.45. The summed E-state index contributed by atoms with van der Waals surface area (Å²) >= 11 is 0. The number of benzene rings is 2. The van der Waals surface area contributed by atoms with Crippen LogP contribution in [0.25, 0.3) is 21.7 Å². The Labute approximate surface area is 187 Å². The van der Waals surface area contributed by atoms with Gasteiger partial charge < -0.3 is 9.47 Å². The first-order chi connectivity index (χ1) is 15.3. The van der Waals surface area contributed by atoms with Gasteiger partial charge in [-0.15, -0.1) is 0 Å². The van der Waals surface area contributed by atoms with Gasteiger partial charge in [0.1, 0.15) is 0 Å². The first kappa shape index (κ1) is 21.8. The highest BCUT2D eigenvalue weighted by molar-refractivity contribution is 7.92. The number of nitrogens with one attached hydrogen (secondary N) is 1. The fourth-order valence-electron chi connectivity index (χ4n) is 3.87. The van der Waals surface area contributed by atoms with Crippen molar-refractivity contribution in [3.05, 3.63) is 65.6 Å². The minimum atomic E-state index is -3.35. The molecule has 0 aliphatic rings. The summed E-state index contributed by atoms with van der Waals surface area (Å²) in [6.45, 7) is 2.08. The minimum Gasteiger partial charge on any atom is -0.493 e. The molecular formula is C24H25N3O4S. The number of anilines is 1. The lowest BCUT2D eigenvalue weighted by molar-refractivity contribution is 0.356. The van der Waals surface area contributed by atoms with Gasteiger partial charge in [-0.3, -0.25) is 14.7 Å². The van der Waals surface area contributed by atoms with E-state index < -0.39 is 10.0 Å². The van der Waals surface area contributed by atoms with Crippen LogP contribution in [-0.4, -0.2) is 38.9 Å². The minimum absolute atomic E-state index is 0.509. The number of nitrogens with zero attached hydrogens (tertiary/aromatic N) is 2. The summed E-state index contributed by atoms with van der Waals surface area (Å²) < 4.78 is 36.6. The molecule has 1 N–H and O–H groups in total. The first-order valence-corrected chi connectivity index (χ1v) is 12.1. The Bertz CT molecular complexity index is 1420. The van der Waals surface area contributed by atoms with Gasteiger partial charge in [-0.1, -0.05) is 6.92 Å². The maximum atomic E-state index is 11.6. The number of aryl methyl sites for hydroxylation is 1. The number of hydrogen-bond acceptors (Lipinski definition) is 6. The fourth-order valence-corrected chi connectivity index (χ4v) is 4.43. The Balaban J connectivity index is 1.78. The summed E-state index contributed by atoms with van der Waals surface area (Å²) in [4.78, 5) is 9.22. The topological polar surface area (TPSA) is 90.4 Å². The molecule has 4 rings (SSSR count). The summed E-state index contributed by atoms with van der Waals surface area (Å²) in [5.41, 5.74) is 4.34. The predicted molar refractivity (Wildman–Crippen MR) is 127 cm³/mol. The molecule has 0 radical (unpaired) electrons. The molecule has 0 fully saturated rings. The summed E-state index contributed by atoms with van der Waals surface area (Å²) in [5, 5.41) is 2.95. The van der Waals surface area contributed by atoms with Crippen LogP contribution in [0.15, 0.2) is 48.8 Å². The Hall–Kier alpha value is -3.39. The van der Waals surface area contributed by atoms with E-state index in [0.29, 0.717) is 23.6 Å². The van der Waals surface area contributed by atoms with Crippen LogP contribution < -0.4 is 14.2 Å². The van der Waals surface area contributed by atoms with E-state index in [9.17, 15) is 8.42 Å². The van der Waals surface area contributed by atoms with Crippen LogP contribution in [0, 0.1) is 0 Å². The zero-order chi connectivity index (χ0) is 22.9. The predicted octanol–water partition coefficient (Wildman–Crippen LogP) is 4.32. The van der Waals surface area contributed by atoms with E-state index in [4.69, 9.17) is 9.47 Å². The number of methoxy groups -OCH3 is 2. The van der Waals surface area contributed by atoms with Gasteiger partial charge in [-0.05, 0) is 59.3 Å². The Morgan fingerprint density at radius 2 is 1.66 bits per heavy atom. The molecule has 0 bridgehead atoms. The summed E-state index contributed by atoms with van der Waals surface area (Å²) in [6.07, 6.45) is 6.30. The van der Waals surface area contributed by atoms with E-state index in [-0.39, 0.29) is 0 Å². The molecule has 0 spiro atoms. The largest absolute Gasteiger partial charge is 0.493 e. The van der Waals surface area contributed by atoms with Gasteiger partial charge in [-0.2, -0.15) is 0 Å². The van der Waals surface area contributed by atoms with Crippen molar-refractivity contribution in [2.24, 2.45) is 0 Å². The number of pyridine rings is 2. The van der Waals surface area contributed by atoms with Crippen molar-refractivity contribution in [2.75, 3.05) is 25.2 Å². The van der Waals surface area contributed by atoms with E-state index in [1.807, 2.05) is 30.6 Å². The number of aromatic nitrogens is 2. The van der Waals surface area contributed by atoms with Crippen LogP contribution in [0.5, 0.6) is 11.5 Å². The molecule has 0 aliphatic heterocycles. The summed E-state index contributed by atoms with van der Waals surface area (Å²) in [6, 6.07) is 11.3. The molecule has 2 aromatic carbocycles. The second-order valence-electron chi connectivity index (χ2n) is 7.64. The van der Waals surface area contributed by atoms with Gasteiger partial charge >= 0.3 is 0 Å². The zero-order valence-electron chi connectivity index (χ0n) is 18.5. The van der Waals surface area contributed by atoms with E-state index in [0.717, 1.165) is 51.2 Å². The molecule has 4 aromatic rings. The van der Waals surface area contributed by atoms with Crippen LogP contribution in [-0.2, 0) is 22.9 Å². The fraction of sp³-hybridized carbons (Fsp3) is 0.250. The van der Waals surface area contributed by atoms with E-state index in [1.165, 1.54) is 0 Å². The second-order valence-corrected chi connectivity index (χ2v) is 9.39. The van der Waals surface area contributed by atoms with Crippen LogP contribution >= 0.6 is 0 Å². The average molecular weight is 452 g/mol. The molecule has 8 heteroatoms. The van der Waals surface area contributed by atoms with Crippen LogP contribution in [0.4, 0.5) is 5.69 Å². The molecule has 7 nitrogen and oxygen atoms in total. The molecular weight excluding hydrogens is 426 g/mol. The third-order valence-electron chi connectivity index (χ3n) is 5.33. The average Bonchev–Trinajstić information content (AvgIpc) is 2.77. The number of ether oxygens (including phenoxy) is 2. The molecule has 32 heavy (non-hydrogen) atoms. The second kappa shape index (κ2) is 8.63. The Morgan fingerprint density at radius 1 is 0.938 bits per heavy atom. The van der Waals surface area contributed by atoms with E-state index in [2.05, 4.69) is 21.6 Å². The lowest BCUT2D eigenvalue weighted by Crippen LogP contribution is -2.09. The van der Waals surface area contributed by atoms with Gasteiger partial charge in [0.2, 0.25) is 10.0 Å². The van der Waals surface area contributed by atoms with Crippen LogP contribution in [0.2, 0.25) is 0 Å². The van der Waals surface area contributed by atoms with Gasteiger partial charge in [0.25, 0.3) is 0 Å². The van der Waals surface area contributed by atoms with Crippen LogP contribution in [0.1, 0.15) is 23.7 Å². The number of hydrogen-bond donors (Lipinski definition) is 1. The quantitative estimate of drug-likeness (QED) is 0.450. The SMILES string of the molecule is CCc1ncc(Cc2cnc3ccc(NS(C)(=O)=O)cc3c2)c2cc(OC)c(OC)cc12. The maximum Gasteiger partial charge on any atom is 0.229 e.